The van der Waals surface area contributed by atoms with Crippen molar-refractivity contribution in [2.45, 2.75) is 12.8 Å². The lowest BCUT2D eigenvalue weighted by Gasteiger charge is -2.18. The highest BCUT2D eigenvalue weighted by molar-refractivity contribution is 5.98. The second-order valence-corrected chi connectivity index (χ2v) is 6.96. The molecule has 0 aliphatic carbocycles. The Morgan fingerprint density at radius 2 is 1.90 bits per heavy atom. The number of aromatic nitrogens is 3. The first kappa shape index (κ1) is 20.1. The Morgan fingerprint density at radius 3 is 2.65 bits per heavy atom. The van der Waals surface area contributed by atoms with Crippen molar-refractivity contribution in [3.63, 3.8) is 0 Å². The third-order valence-electron chi connectivity index (χ3n) is 4.89. The van der Waals surface area contributed by atoms with E-state index >= 15 is 0 Å². The van der Waals surface area contributed by atoms with Crippen LogP contribution >= 0.6 is 0 Å². The van der Waals surface area contributed by atoms with Crippen molar-refractivity contribution in [3.8, 4) is 11.8 Å². The second-order valence-electron chi connectivity index (χ2n) is 6.96. The van der Waals surface area contributed by atoms with Gasteiger partial charge in [-0.25, -0.2) is 14.5 Å². The number of hydrogen-bond donors (Lipinski definition) is 1. The first-order valence-electron chi connectivity index (χ1n) is 9.88. The minimum atomic E-state index is -0.623. The predicted molar refractivity (Wildman–Crippen MR) is 113 cm³/mol. The van der Waals surface area contributed by atoms with Crippen LogP contribution < -0.4 is 10.2 Å². The third-order valence-corrected chi connectivity index (χ3v) is 4.89. The molecule has 0 bridgehead atoms. The molecule has 0 unspecified atom stereocenters. The monoisotopic (exact) mass is 416 g/mol. The fraction of sp³-hybridized carbons (Fsp3) is 0.227. The van der Waals surface area contributed by atoms with Gasteiger partial charge >= 0.3 is 5.97 Å². The van der Waals surface area contributed by atoms with Gasteiger partial charge in [-0.3, -0.25) is 4.79 Å². The minimum absolute atomic E-state index is 0.201. The first-order valence-corrected chi connectivity index (χ1v) is 9.88. The van der Waals surface area contributed by atoms with E-state index < -0.39 is 18.5 Å². The van der Waals surface area contributed by atoms with Crippen LogP contribution in [0.15, 0.2) is 54.9 Å². The number of carbonyl (C=O) groups excluding carboxylic acids is 2. The SMILES string of the molecule is N#Cc1cnn(-c2ccccc2)c1NC(=O)COC(=O)c1cccnc1N1CCCC1. The number of pyridine rings is 1. The predicted octanol–water partition coefficient (Wildman–Crippen LogP) is 2.53. The lowest BCUT2D eigenvalue weighted by molar-refractivity contribution is -0.119. The van der Waals surface area contributed by atoms with E-state index in [4.69, 9.17) is 4.74 Å². The number of benzene rings is 1. The third kappa shape index (κ3) is 4.38. The van der Waals surface area contributed by atoms with Crippen LogP contribution in [0.4, 0.5) is 11.6 Å². The molecule has 1 aliphatic heterocycles. The number of nitrogens with one attached hydrogen (secondary N) is 1. The van der Waals surface area contributed by atoms with Gasteiger partial charge in [0.2, 0.25) is 0 Å². The molecule has 0 atom stereocenters. The summed E-state index contributed by atoms with van der Waals surface area (Å²) in [5.41, 5.74) is 1.21. The Labute approximate surface area is 178 Å². The number of esters is 1. The Bertz CT molecular complexity index is 1130. The van der Waals surface area contributed by atoms with E-state index in [1.165, 1.54) is 10.9 Å². The zero-order valence-corrected chi connectivity index (χ0v) is 16.7. The summed E-state index contributed by atoms with van der Waals surface area (Å²) in [5, 5.41) is 16.1. The van der Waals surface area contributed by atoms with Gasteiger partial charge in [0.25, 0.3) is 5.91 Å². The normalized spacial score (nSPS) is 12.9. The van der Waals surface area contributed by atoms with Gasteiger partial charge in [0, 0.05) is 19.3 Å². The van der Waals surface area contributed by atoms with Crippen LogP contribution in [-0.2, 0) is 9.53 Å². The summed E-state index contributed by atoms with van der Waals surface area (Å²) in [5.74, 6) is -0.412. The van der Waals surface area contributed by atoms with Crippen molar-refractivity contribution in [2.24, 2.45) is 0 Å². The minimum Gasteiger partial charge on any atom is -0.452 e. The van der Waals surface area contributed by atoms with Gasteiger partial charge in [0.1, 0.15) is 23.0 Å². The largest absolute Gasteiger partial charge is 0.452 e. The number of rotatable bonds is 6. The molecule has 156 valence electrons. The van der Waals surface area contributed by atoms with Crippen molar-refractivity contribution >= 4 is 23.5 Å². The number of ether oxygens (including phenoxy) is 1. The van der Waals surface area contributed by atoms with E-state index in [1.54, 1.807) is 30.5 Å². The number of hydrogen-bond acceptors (Lipinski definition) is 7. The summed E-state index contributed by atoms with van der Waals surface area (Å²) in [4.78, 5) is 31.4. The smallest absolute Gasteiger partial charge is 0.342 e. The van der Waals surface area contributed by atoms with Gasteiger partial charge in [0.05, 0.1) is 11.9 Å². The van der Waals surface area contributed by atoms with Gasteiger partial charge in [0.15, 0.2) is 12.4 Å². The molecule has 1 N–H and O–H groups in total. The molecular weight excluding hydrogens is 396 g/mol. The number of para-hydroxylation sites is 1. The number of amides is 1. The van der Waals surface area contributed by atoms with E-state index in [9.17, 15) is 14.9 Å². The van der Waals surface area contributed by atoms with Gasteiger partial charge in [-0.1, -0.05) is 18.2 Å². The fourth-order valence-electron chi connectivity index (χ4n) is 3.43. The van der Waals surface area contributed by atoms with Crippen molar-refractivity contribution in [1.82, 2.24) is 14.8 Å². The first-order chi connectivity index (χ1) is 15.2. The zero-order chi connectivity index (χ0) is 21.6. The van der Waals surface area contributed by atoms with Crippen LogP contribution in [0.2, 0.25) is 0 Å². The summed E-state index contributed by atoms with van der Waals surface area (Å²) in [7, 11) is 0. The van der Waals surface area contributed by atoms with Crippen LogP contribution in [0.1, 0.15) is 28.8 Å². The molecule has 3 heterocycles. The molecule has 9 heteroatoms. The van der Waals surface area contributed by atoms with E-state index in [1.807, 2.05) is 29.2 Å². The molecular formula is C22H20N6O3. The average molecular weight is 416 g/mol. The van der Waals surface area contributed by atoms with E-state index in [-0.39, 0.29) is 11.4 Å². The van der Waals surface area contributed by atoms with Gasteiger partial charge < -0.3 is 15.0 Å². The van der Waals surface area contributed by atoms with Crippen LogP contribution in [0.3, 0.4) is 0 Å². The molecule has 3 aromatic rings. The molecule has 1 amide bonds. The Kier molecular flexibility index (Phi) is 5.89. The summed E-state index contributed by atoms with van der Waals surface area (Å²) in [6.07, 6.45) is 5.09. The van der Waals surface area contributed by atoms with Crippen LogP contribution in [-0.4, -0.2) is 46.3 Å². The summed E-state index contributed by atoms with van der Waals surface area (Å²) in [6, 6.07) is 14.4. The number of nitrogens with zero attached hydrogens (tertiary/aromatic N) is 5. The average Bonchev–Trinajstić information content (AvgIpc) is 3.48. The lowest BCUT2D eigenvalue weighted by atomic mass is 10.2. The summed E-state index contributed by atoms with van der Waals surface area (Å²) < 4.78 is 6.68. The van der Waals surface area contributed by atoms with Gasteiger partial charge in [-0.05, 0) is 37.1 Å². The molecule has 9 nitrogen and oxygen atoms in total. The summed E-state index contributed by atoms with van der Waals surface area (Å²) >= 11 is 0. The number of anilines is 2. The summed E-state index contributed by atoms with van der Waals surface area (Å²) in [6.45, 7) is 1.16. The van der Waals surface area contributed by atoms with E-state index in [2.05, 4.69) is 15.4 Å². The number of carbonyl (C=O) groups is 2. The van der Waals surface area contributed by atoms with Crippen LogP contribution in [0.25, 0.3) is 5.69 Å². The Morgan fingerprint density at radius 1 is 1.13 bits per heavy atom. The highest BCUT2D eigenvalue weighted by atomic mass is 16.5. The second kappa shape index (κ2) is 9.09. The lowest BCUT2D eigenvalue weighted by Crippen LogP contribution is -2.25. The molecule has 1 fully saturated rings. The van der Waals surface area contributed by atoms with Crippen molar-refractivity contribution in [3.05, 3.63) is 66.0 Å². The maximum absolute atomic E-state index is 12.6. The molecule has 1 aromatic carbocycles. The highest BCUT2D eigenvalue weighted by Crippen LogP contribution is 2.23. The Balaban J connectivity index is 1.45. The van der Waals surface area contributed by atoms with Crippen LogP contribution in [0.5, 0.6) is 0 Å². The maximum Gasteiger partial charge on any atom is 0.342 e. The van der Waals surface area contributed by atoms with E-state index in [0.29, 0.717) is 17.1 Å². The quantitative estimate of drug-likeness (QED) is 0.614. The molecule has 1 saturated heterocycles. The molecule has 0 radical (unpaired) electrons. The topological polar surface area (TPSA) is 113 Å². The van der Waals surface area contributed by atoms with Crippen molar-refractivity contribution in [1.29, 1.82) is 5.26 Å². The van der Waals surface area contributed by atoms with Crippen molar-refractivity contribution < 1.29 is 14.3 Å². The van der Waals surface area contributed by atoms with E-state index in [0.717, 1.165) is 25.9 Å². The standard InChI is InChI=1S/C22H20N6O3/c23-13-16-14-25-28(17-7-2-1-3-8-17)20(16)26-19(29)15-31-22(30)18-9-6-10-24-21(18)27-11-4-5-12-27/h1-3,6-10,14H,4-5,11-12,15H2,(H,26,29). The zero-order valence-electron chi connectivity index (χ0n) is 16.7. The highest BCUT2D eigenvalue weighted by Gasteiger charge is 2.22. The molecule has 1 aliphatic rings. The van der Waals surface area contributed by atoms with Gasteiger partial charge in [-0.15, -0.1) is 0 Å². The molecule has 0 spiro atoms. The fourth-order valence-corrected chi connectivity index (χ4v) is 3.43. The molecule has 31 heavy (non-hydrogen) atoms. The number of nitriles is 1. The van der Waals surface area contributed by atoms with Crippen LogP contribution in [0, 0.1) is 11.3 Å². The maximum atomic E-state index is 12.6. The molecule has 0 saturated carbocycles. The van der Waals surface area contributed by atoms with Gasteiger partial charge in [-0.2, -0.15) is 10.4 Å². The molecule has 2 aromatic heterocycles. The Hall–Kier alpha value is -4.19. The molecule has 4 rings (SSSR count). The van der Waals surface area contributed by atoms with Crippen molar-refractivity contribution in [2.75, 3.05) is 29.9 Å².